The monoisotopic (exact) mass is 224 g/mol. The zero-order valence-electron chi connectivity index (χ0n) is 9.21. The lowest BCUT2D eigenvalue weighted by Crippen LogP contribution is -2.37. The van der Waals surface area contributed by atoms with Crippen LogP contribution < -0.4 is 11.2 Å². The van der Waals surface area contributed by atoms with Crippen LogP contribution in [-0.4, -0.2) is 23.8 Å². The van der Waals surface area contributed by atoms with Crippen LogP contribution in [0.4, 0.5) is 0 Å². The molecule has 0 bridgehead atoms. The van der Waals surface area contributed by atoms with Crippen LogP contribution in [0.1, 0.15) is 13.2 Å². The topological polar surface area (TPSA) is 82.1 Å². The highest BCUT2D eigenvalue weighted by atomic mass is 16.3. The molecule has 2 heterocycles. The molecule has 1 N–H and O–H groups in total. The van der Waals surface area contributed by atoms with Crippen molar-refractivity contribution in [3.05, 3.63) is 27.2 Å². The predicted octanol–water partition coefficient (Wildman–Crippen LogP) is -1.06. The van der Waals surface area contributed by atoms with Crippen LogP contribution in [0.15, 0.2) is 15.9 Å². The number of hydrogen-bond donors (Lipinski definition) is 1. The Hall–Kier alpha value is -1.89. The molecular weight excluding hydrogens is 212 g/mol. The summed E-state index contributed by atoms with van der Waals surface area (Å²) in [4.78, 5) is 27.4. The highest BCUT2D eigenvalue weighted by Gasteiger charge is 2.15. The summed E-state index contributed by atoms with van der Waals surface area (Å²) in [5.41, 5.74) is -0.404. The molecule has 0 aliphatic carbocycles. The van der Waals surface area contributed by atoms with Gasteiger partial charge in [-0.25, -0.2) is 9.78 Å². The second-order valence-corrected chi connectivity index (χ2v) is 3.66. The highest BCUT2D eigenvalue weighted by molar-refractivity contribution is 5.70. The van der Waals surface area contributed by atoms with Gasteiger partial charge in [0.1, 0.15) is 6.23 Å². The van der Waals surface area contributed by atoms with Crippen molar-refractivity contribution in [3.8, 4) is 0 Å². The summed E-state index contributed by atoms with van der Waals surface area (Å²) < 4.78 is 3.59. The number of aromatic nitrogens is 4. The van der Waals surface area contributed by atoms with Gasteiger partial charge in [-0.15, -0.1) is 0 Å². The maximum atomic E-state index is 11.9. The molecule has 7 heteroatoms. The molecule has 0 saturated heterocycles. The maximum absolute atomic E-state index is 11.9. The summed E-state index contributed by atoms with van der Waals surface area (Å²) >= 11 is 0. The number of imidazole rings is 1. The Kier molecular flexibility index (Phi) is 2.20. The van der Waals surface area contributed by atoms with Gasteiger partial charge < -0.3 is 5.11 Å². The van der Waals surface area contributed by atoms with Crippen molar-refractivity contribution in [3.63, 3.8) is 0 Å². The van der Waals surface area contributed by atoms with Gasteiger partial charge in [0.05, 0.1) is 6.33 Å². The van der Waals surface area contributed by atoms with E-state index in [9.17, 15) is 14.7 Å². The van der Waals surface area contributed by atoms with E-state index in [1.165, 1.54) is 36.5 Å². The van der Waals surface area contributed by atoms with E-state index in [4.69, 9.17) is 0 Å². The molecular formula is C9H12N4O3. The molecule has 2 aromatic rings. The van der Waals surface area contributed by atoms with Gasteiger partial charge in [-0.05, 0) is 6.92 Å². The Morgan fingerprint density at radius 1 is 1.31 bits per heavy atom. The van der Waals surface area contributed by atoms with Gasteiger partial charge in [0.2, 0.25) is 0 Å². The highest BCUT2D eigenvalue weighted by Crippen LogP contribution is 2.09. The molecule has 0 aliphatic heterocycles. The SMILES string of the molecule is CC(O)n1cnc2c1c(=O)n(C)c(=O)n2C. The normalized spacial score (nSPS) is 13.2. The van der Waals surface area contributed by atoms with Crippen molar-refractivity contribution >= 4 is 11.2 Å². The van der Waals surface area contributed by atoms with E-state index in [0.29, 0.717) is 0 Å². The minimum atomic E-state index is -0.866. The quantitative estimate of drug-likeness (QED) is 0.669. The third kappa shape index (κ3) is 1.21. The predicted molar refractivity (Wildman–Crippen MR) is 57.1 cm³/mol. The number of aryl methyl sites for hydroxylation is 1. The third-order valence-electron chi connectivity index (χ3n) is 2.58. The molecule has 0 amide bonds. The van der Waals surface area contributed by atoms with E-state index >= 15 is 0 Å². The molecule has 2 rings (SSSR count). The van der Waals surface area contributed by atoms with Crippen molar-refractivity contribution in [1.29, 1.82) is 0 Å². The Morgan fingerprint density at radius 2 is 1.94 bits per heavy atom. The number of aliphatic hydroxyl groups is 1. The molecule has 0 fully saturated rings. The van der Waals surface area contributed by atoms with E-state index in [1.54, 1.807) is 0 Å². The lowest BCUT2D eigenvalue weighted by molar-refractivity contribution is 0.128. The smallest absolute Gasteiger partial charge is 0.332 e. The fourth-order valence-electron chi connectivity index (χ4n) is 1.65. The number of hydrogen-bond acceptors (Lipinski definition) is 4. The number of rotatable bonds is 1. The van der Waals surface area contributed by atoms with Crippen LogP contribution in [0, 0.1) is 0 Å². The molecule has 0 aromatic carbocycles. The zero-order chi connectivity index (χ0) is 12.0. The molecule has 1 atom stereocenters. The first-order valence-electron chi connectivity index (χ1n) is 4.75. The van der Waals surface area contributed by atoms with Crippen LogP contribution in [-0.2, 0) is 14.1 Å². The van der Waals surface area contributed by atoms with E-state index in [1.807, 2.05) is 0 Å². The largest absolute Gasteiger partial charge is 0.374 e. The maximum Gasteiger partial charge on any atom is 0.332 e. The number of aliphatic hydroxyl groups excluding tert-OH is 1. The van der Waals surface area contributed by atoms with Gasteiger partial charge in [0.15, 0.2) is 11.2 Å². The summed E-state index contributed by atoms with van der Waals surface area (Å²) in [6.45, 7) is 1.52. The Bertz CT molecular complexity index is 662. The summed E-state index contributed by atoms with van der Waals surface area (Å²) in [6.07, 6.45) is 0.478. The molecule has 0 aliphatic rings. The molecule has 2 aromatic heterocycles. The average Bonchev–Trinajstić information content (AvgIpc) is 2.67. The summed E-state index contributed by atoms with van der Waals surface area (Å²) in [5, 5.41) is 9.47. The van der Waals surface area contributed by atoms with E-state index in [-0.39, 0.29) is 11.2 Å². The van der Waals surface area contributed by atoms with Gasteiger partial charge in [-0.3, -0.25) is 18.5 Å². The van der Waals surface area contributed by atoms with Gasteiger partial charge in [0.25, 0.3) is 5.56 Å². The first kappa shape index (κ1) is 10.6. The Morgan fingerprint density at radius 3 is 2.50 bits per heavy atom. The van der Waals surface area contributed by atoms with Gasteiger partial charge in [-0.2, -0.15) is 0 Å². The Labute approximate surface area is 90.2 Å². The number of fused-ring (bicyclic) bond motifs is 1. The fourth-order valence-corrected chi connectivity index (χ4v) is 1.65. The van der Waals surface area contributed by atoms with Gasteiger partial charge in [0, 0.05) is 14.1 Å². The van der Waals surface area contributed by atoms with Crippen LogP contribution >= 0.6 is 0 Å². The first-order chi connectivity index (χ1) is 7.45. The van der Waals surface area contributed by atoms with Crippen molar-refractivity contribution in [2.45, 2.75) is 13.2 Å². The summed E-state index contributed by atoms with van der Waals surface area (Å²) in [5.74, 6) is 0. The van der Waals surface area contributed by atoms with E-state index in [2.05, 4.69) is 4.98 Å². The van der Waals surface area contributed by atoms with Gasteiger partial charge >= 0.3 is 5.69 Å². The van der Waals surface area contributed by atoms with Crippen LogP contribution in [0.25, 0.3) is 11.2 Å². The first-order valence-corrected chi connectivity index (χ1v) is 4.75. The van der Waals surface area contributed by atoms with Crippen LogP contribution in [0.2, 0.25) is 0 Å². The fraction of sp³-hybridized carbons (Fsp3) is 0.444. The van der Waals surface area contributed by atoms with Crippen molar-refractivity contribution in [2.24, 2.45) is 14.1 Å². The van der Waals surface area contributed by atoms with Crippen LogP contribution in [0.5, 0.6) is 0 Å². The number of nitrogens with zero attached hydrogens (tertiary/aromatic N) is 4. The molecule has 0 radical (unpaired) electrons. The molecule has 7 nitrogen and oxygen atoms in total. The van der Waals surface area contributed by atoms with Crippen molar-refractivity contribution < 1.29 is 5.11 Å². The van der Waals surface area contributed by atoms with Gasteiger partial charge in [-0.1, -0.05) is 0 Å². The summed E-state index contributed by atoms with van der Waals surface area (Å²) in [7, 11) is 2.92. The third-order valence-corrected chi connectivity index (χ3v) is 2.58. The standard InChI is InChI=1S/C9H12N4O3/c1-5(14)13-4-10-7-6(13)8(15)12(3)9(16)11(7)2/h4-5,14H,1-3H3. The average molecular weight is 224 g/mol. The van der Waals surface area contributed by atoms with E-state index < -0.39 is 17.5 Å². The second kappa shape index (κ2) is 3.31. The Balaban J connectivity index is 3.07. The zero-order valence-corrected chi connectivity index (χ0v) is 9.21. The van der Waals surface area contributed by atoms with Crippen molar-refractivity contribution in [1.82, 2.24) is 18.7 Å². The molecule has 86 valence electrons. The van der Waals surface area contributed by atoms with E-state index in [0.717, 1.165) is 4.57 Å². The van der Waals surface area contributed by atoms with Crippen LogP contribution in [0.3, 0.4) is 0 Å². The molecule has 0 saturated carbocycles. The minimum Gasteiger partial charge on any atom is -0.374 e. The lowest BCUT2D eigenvalue weighted by Gasteiger charge is -2.08. The second-order valence-electron chi connectivity index (χ2n) is 3.66. The summed E-state index contributed by atoms with van der Waals surface area (Å²) in [6, 6.07) is 0. The lowest BCUT2D eigenvalue weighted by atomic mass is 10.5. The minimum absolute atomic E-state index is 0.222. The van der Waals surface area contributed by atoms with Crippen molar-refractivity contribution in [2.75, 3.05) is 0 Å². The molecule has 16 heavy (non-hydrogen) atoms. The molecule has 0 spiro atoms. The molecule has 1 unspecified atom stereocenters.